The molecule has 0 saturated carbocycles. The summed E-state index contributed by atoms with van der Waals surface area (Å²) in [5.74, 6) is 2.08. The molecule has 9 heteroatoms. The molecule has 0 radical (unpaired) electrons. The maximum atomic E-state index is 5.66. The van der Waals surface area contributed by atoms with E-state index in [9.17, 15) is 0 Å². The number of fused-ring (bicyclic) bond motifs is 2. The van der Waals surface area contributed by atoms with Gasteiger partial charge in [-0.3, -0.25) is 0 Å². The predicted octanol–water partition coefficient (Wildman–Crippen LogP) is 2.24. The average molecular weight is 360 g/mol. The average Bonchev–Trinajstić information content (AvgIpc) is 3.40. The molecule has 4 aromatic rings. The van der Waals surface area contributed by atoms with Crippen molar-refractivity contribution in [2.75, 3.05) is 6.79 Å². The molecule has 1 aliphatic heterocycles. The van der Waals surface area contributed by atoms with E-state index in [4.69, 9.17) is 14.3 Å². The summed E-state index contributed by atoms with van der Waals surface area (Å²) in [7, 11) is 0. The van der Waals surface area contributed by atoms with Gasteiger partial charge in [0.1, 0.15) is 19.0 Å². The van der Waals surface area contributed by atoms with Gasteiger partial charge in [0.2, 0.25) is 12.6 Å². The summed E-state index contributed by atoms with van der Waals surface area (Å²) in [5, 5.41) is 9.18. The van der Waals surface area contributed by atoms with Gasteiger partial charge >= 0.3 is 0 Å². The van der Waals surface area contributed by atoms with Crippen molar-refractivity contribution in [1.82, 2.24) is 24.7 Å². The van der Waals surface area contributed by atoms with E-state index in [2.05, 4.69) is 25.2 Å². The Labute approximate surface area is 152 Å². The molecule has 0 fully saturated rings. The second-order valence-corrected chi connectivity index (χ2v) is 5.61. The standard InChI is InChI=1S/C18H12N6O3/c1-2-4-14-13(3-1)18(21-9-20-14)27-23-17(24-10-19-8-22-24)12-5-6-15-16(7-12)26-11-25-15/h1-10H,11H2/b23-17-. The maximum Gasteiger partial charge on any atom is 0.259 e. The van der Waals surface area contributed by atoms with Crippen molar-refractivity contribution in [2.45, 2.75) is 0 Å². The molecule has 0 unspecified atom stereocenters. The lowest BCUT2D eigenvalue weighted by Gasteiger charge is -2.08. The van der Waals surface area contributed by atoms with Crippen LogP contribution in [0.4, 0.5) is 0 Å². The Morgan fingerprint density at radius 2 is 1.96 bits per heavy atom. The molecule has 9 nitrogen and oxygen atoms in total. The third-order valence-electron chi connectivity index (χ3n) is 3.99. The number of benzene rings is 2. The first kappa shape index (κ1) is 15.3. The van der Waals surface area contributed by atoms with Crippen LogP contribution in [0.3, 0.4) is 0 Å². The van der Waals surface area contributed by atoms with Crippen LogP contribution in [0.1, 0.15) is 5.56 Å². The second kappa shape index (κ2) is 6.37. The zero-order chi connectivity index (χ0) is 18.1. The molecule has 0 bridgehead atoms. The first-order valence-electron chi connectivity index (χ1n) is 8.08. The van der Waals surface area contributed by atoms with E-state index in [1.807, 2.05) is 42.5 Å². The Morgan fingerprint density at radius 1 is 1.04 bits per heavy atom. The van der Waals surface area contributed by atoms with E-state index in [0.29, 0.717) is 23.2 Å². The first-order valence-corrected chi connectivity index (χ1v) is 8.08. The van der Waals surface area contributed by atoms with Gasteiger partial charge < -0.3 is 14.3 Å². The van der Waals surface area contributed by atoms with E-state index in [1.54, 1.807) is 0 Å². The van der Waals surface area contributed by atoms with Crippen LogP contribution in [-0.4, -0.2) is 37.4 Å². The second-order valence-electron chi connectivity index (χ2n) is 5.61. The molecule has 0 N–H and O–H groups in total. The Hall–Kier alpha value is -4.01. The zero-order valence-electron chi connectivity index (χ0n) is 13.9. The Balaban J connectivity index is 1.57. The quantitative estimate of drug-likeness (QED) is 0.314. The van der Waals surface area contributed by atoms with Gasteiger partial charge in [0.25, 0.3) is 5.88 Å². The normalized spacial score (nSPS) is 13.1. The van der Waals surface area contributed by atoms with E-state index < -0.39 is 0 Å². The van der Waals surface area contributed by atoms with Gasteiger partial charge in [-0.1, -0.05) is 17.3 Å². The number of aromatic nitrogens is 5. The minimum absolute atomic E-state index is 0.192. The minimum Gasteiger partial charge on any atom is -0.454 e. The maximum absolute atomic E-state index is 5.66. The predicted molar refractivity (Wildman–Crippen MR) is 94.7 cm³/mol. The highest BCUT2D eigenvalue weighted by atomic mass is 16.7. The highest BCUT2D eigenvalue weighted by Gasteiger charge is 2.17. The molecule has 0 atom stereocenters. The summed E-state index contributed by atoms with van der Waals surface area (Å²) in [6.45, 7) is 0.192. The summed E-state index contributed by atoms with van der Waals surface area (Å²) < 4.78 is 12.3. The SMILES string of the molecule is c1ccc2c(O/N=C(/c3ccc4c(c3)OCO4)n3cncn3)ncnc2c1. The zero-order valence-corrected chi connectivity index (χ0v) is 13.9. The lowest BCUT2D eigenvalue weighted by molar-refractivity contribution is 0.174. The van der Waals surface area contributed by atoms with Crippen LogP contribution in [0, 0.1) is 0 Å². The van der Waals surface area contributed by atoms with Gasteiger partial charge in [-0.2, -0.15) is 14.8 Å². The van der Waals surface area contributed by atoms with Crippen molar-refractivity contribution in [3.05, 3.63) is 67.0 Å². The number of hydrogen-bond acceptors (Lipinski definition) is 8. The lowest BCUT2D eigenvalue weighted by atomic mass is 10.2. The molecule has 132 valence electrons. The molecule has 0 aliphatic carbocycles. The highest BCUT2D eigenvalue weighted by Crippen LogP contribution is 2.32. The molecule has 5 rings (SSSR count). The number of nitrogens with zero attached hydrogens (tertiary/aromatic N) is 6. The van der Waals surface area contributed by atoms with E-state index >= 15 is 0 Å². The largest absolute Gasteiger partial charge is 0.454 e. The highest BCUT2D eigenvalue weighted by molar-refractivity contribution is 6.00. The molecule has 27 heavy (non-hydrogen) atoms. The summed E-state index contributed by atoms with van der Waals surface area (Å²) >= 11 is 0. The van der Waals surface area contributed by atoms with Crippen molar-refractivity contribution in [3.63, 3.8) is 0 Å². The molecule has 1 aliphatic rings. The van der Waals surface area contributed by atoms with Crippen molar-refractivity contribution < 1.29 is 14.3 Å². The summed E-state index contributed by atoms with van der Waals surface area (Å²) in [6, 6.07) is 13.0. The fraction of sp³-hybridized carbons (Fsp3) is 0.0556. The Morgan fingerprint density at radius 3 is 2.89 bits per heavy atom. The molecule has 2 aromatic heterocycles. The number of oxime groups is 1. The number of hydrogen-bond donors (Lipinski definition) is 0. The molecule has 0 saturated heterocycles. The van der Waals surface area contributed by atoms with Crippen LogP contribution < -0.4 is 14.3 Å². The van der Waals surface area contributed by atoms with E-state index in [0.717, 1.165) is 16.5 Å². The fourth-order valence-electron chi connectivity index (χ4n) is 2.72. The number of ether oxygens (including phenoxy) is 2. The van der Waals surface area contributed by atoms with Gasteiger partial charge in [0.05, 0.1) is 10.9 Å². The van der Waals surface area contributed by atoms with Crippen LogP contribution in [0.2, 0.25) is 0 Å². The van der Waals surface area contributed by atoms with Gasteiger partial charge in [0, 0.05) is 5.56 Å². The summed E-state index contributed by atoms with van der Waals surface area (Å²) in [4.78, 5) is 18.0. The number of rotatable bonds is 3. The monoisotopic (exact) mass is 360 g/mol. The molecule has 2 aromatic carbocycles. The molecule has 3 heterocycles. The lowest BCUT2D eigenvalue weighted by Crippen LogP contribution is -2.15. The van der Waals surface area contributed by atoms with Crippen LogP contribution >= 0.6 is 0 Å². The van der Waals surface area contributed by atoms with Gasteiger partial charge in [-0.05, 0) is 30.3 Å². The van der Waals surface area contributed by atoms with Gasteiger partial charge in [-0.15, -0.1) is 0 Å². The van der Waals surface area contributed by atoms with Crippen molar-refractivity contribution in [1.29, 1.82) is 0 Å². The van der Waals surface area contributed by atoms with Crippen LogP contribution in [0.25, 0.3) is 10.9 Å². The Kier molecular flexibility index (Phi) is 3.60. The third kappa shape index (κ3) is 2.80. The van der Waals surface area contributed by atoms with Crippen LogP contribution in [0.5, 0.6) is 17.4 Å². The van der Waals surface area contributed by atoms with Gasteiger partial charge in [-0.25, -0.2) is 9.97 Å². The summed E-state index contributed by atoms with van der Waals surface area (Å²) in [5.41, 5.74) is 1.49. The minimum atomic E-state index is 0.192. The van der Waals surface area contributed by atoms with Crippen molar-refractivity contribution >= 4 is 16.7 Å². The number of para-hydroxylation sites is 1. The van der Waals surface area contributed by atoms with Crippen LogP contribution in [0.15, 0.2) is 66.6 Å². The Bertz CT molecular complexity index is 1140. The van der Waals surface area contributed by atoms with Crippen molar-refractivity contribution in [2.24, 2.45) is 5.16 Å². The molecule has 0 amide bonds. The smallest absolute Gasteiger partial charge is 0.259 e. The first-order chi connectivity index (χ1) is 13.4. The van der Waals surface area contributed by atoms with E-state index in [-0.39, 0.29) is 6.79 Å². The van der Waals surface area contributed by atoms with Gasteiger partial charge in [0.15, 0.2) is 11.5 Å². The molecule has 0 spiro atoms. The molecular formula is C18H12N6O3. The topological polar surface area (TPSA) is 96.5 Å². The fourth-order valence-corrected chi connectivity index (χ4v) is 2.72. The summed E-state index contributed by atoms with van der Waals surface area (Å²) in [6.07, 6.45) is 4.39. The van der Waals surface area contributed by atoms with E-state index in [1.165, 1.54) is 23.7 Å². The van der Waals surface area contributed by atoms with Crippen molar-refractivity contribution in [3.8, 4) is 17.4 Å². The van der Waals surface area contributed by atoms with Crippen LogP contribution in [-0.2, 0) is 0 Å². The third-order valence-corrected chi connectivity index (χ3v) is 3.99. The molecular weight excluding hydrogens is 348 g/mol.